The predicted molar refractivity (Wildman–Crippen MR) is 77.7 cm³/mol. The van der Waals surface area contributed by atoms with Crippen molar-refractivity contribution < 1.29 is 4.79 Å². The smallest absolute Gasteiger partial charge is 0.267 e. The number of hydrogen-bond acceptors (Lipinski definition) is 3. The highest BCUT2D eigenvalue weighted by Crippen LogP contribution is 2.16. The lowest BCUT2D eigenvalue weighted by Gasteiger charge is -2.13. The Balaban J connectivity index is 2.14. The molecule has 20 heavy (non-hydrogen) atoms. The molecule has 1 unspecified atom stereocenters. The van der Waals surface area contributed by atoms with Crippen molar-refractivity contribution >= 4 is 5.91 Å². The SMILES string of the molecule is CCC(C)NC(=O)Cn1nc2c(cc1=O)CCCCC2. The van der Waals surface area contributed by atoms with Crippen LogP contribution in [0.2, 0.25) is 0 Å². The molecule has 0 saturated heterocycles. The van der Waals surface area contributed by atoms with Crippen LogP contribution in [0.25, 0.3) is 0 Å². The highest BCUT2D eigenvalue weighted by atomic mass is 16.2. The molecule has 1 aliphatic rings. The summed E-state index contributed by atoms with van der Waals surface area (Å²) in [5.74, 6) is -0.150. The van der Waals surface area contributed by atoms with E-state index in [1.807, 2.05) is 13.8 Å². The molecule has 1 aliphatic carbocycles. The fourth-order valence-corrected chi connectivity index (χ4v) is 2.45. The Bertz CT molecular complexity index is 536. The van der Waals surface area contributed by atoms with Gasteiger partial charge in [-0.15, -0.1) is 0 Å². The minimum Gasteiger partial charge on any atom is -0.352 e. The Labute approximate surface area is 119 Å². The summed E-state index contributed by atoms with van der Waals surface area (Å²) in [6, 6.07) is 1.78. The van der Waals surface area contributed by atoms with Crippen molar-refractivity contribution in [2.24, 2.45) is 0 Å². The third kappa shape index (κ3) is 3.68. The summed E-state index contributed by atoms with van der Waals surface area (Å²) in [6.45, 7) is 3.97. The van der Waals surface area contributed by atoms with Gasteiger partial charge in [-0.3, -0.25) is 9.59 Å². The van der Waals surface area contributed by atoms with E-state index in [0.717, 1.165) is 43.4 Å². The van der Waals surface area contributed by atoms with Crippen LogP contribution >= 0.6 is 0 Å². The van der Waals surface area contributed by atoms with Crippen molar-refractivity contribution in [2.75, 3.05) is 0 Å². The van der Waals surface area contributed by atoms with E-state index in [-0.39, 0.29) is 24.1 Å². The number of nitrogens with one attached hydrogen (secondary N) is 1. The number of rotatable bonds is 4. The second-order valence-electron chi connectivity index (χ2n) is 5.55. The number of aryl methyl sites for hydroxylation is 2. The summed E-state index contributed by atoms with van der Waals surface area (Å²) in [6.07, 6.45) is 6.11. The quantitative estimate of drug-likeness (QED) is 0.847. The minimum atomic E-state index is -0.176. The topological polar surface area (TPSA) is 64.0 Å². The van der Waals surface area contributed by atoms with Gasteiger partial charge in [0.05, 0.1) is 5.69 Å². The third-order valence-electron chi connectivity index (χ3n) is 3.84. The molecule has 5 heteroatoms. The van der Waals surface area contributed by atoms with E-state index in [4.69, 9.17) is 0 Å². The van der Waals surface area contributed by atoms with Gasteiger partial charge < -0.3 is 5.32 Å². The van der Waals surface area contributed by atoms with Gasteiger partial charge in [-0.2, -0.15) is 5.10 Å². The van der Waals surface area contributed by atoms with Crippen LogP contribution in [-0.4, -0.2) is 21.7 Å². The first-order valence-corrected chi connectivity index (χ1v) is 7.49. The minimum absolute atomic E-state index is 0.0104. The van der Waals surface area contributed by atoms with Gasteiger partial charge in [0.15, 0.2) is 0 Å². The Morgan fingerprint density at radius 3 is 2.90 bits per heavy atom. The molecule has 0 radical (unpaired) electrons. The molecular weight excluding hydrogens is 254 g/mol. The van der Waals surface area contributed by atoms with Gasteiger partial charge in [-0.05, 0) is 44.6 Å². The fourth-order valence-electron chi connectivity index (χ4n) is 2.45. The maximum Gasteiger partial charge on any atom is 0.267 e. The zero-order valence-electron chi connectivity index (χ0n) is 12.3. The molecule has 1 aromatic heterocycles. The number of nitrogens with zero attached hydrogens (tertiary/aromatic N) is 2. The van der Waals surface area contributed by atoms with Crippen molar-refractivity contribution in [1.29, 1.82) is 0 Å². The molecule has 0 aliphatic heterocycles. The first-order chi connectivity index (χ1) is 9.60. The van der Waals surface area contributed by atoms with E-state index >= 15 is 0 Å². The van der Waals surface area contributed by atoms with Crippen molar-refractivity contribution in [1.82, 2.24) is 15.1 Å². The van der Waals surface area contributed by atoms with Gasteiger partial charge in [0.25, 0.3) is 5.56 Å². The highest BCUT2D eigenvalue weighted by Gasteiger charge is 2.14. The summed E-state index contributed by atoms with van der Waals surface area (Å²) in [5, 5.41) is 7.25. The zero-order valence-corrected chi connectivity index (χ0v) is 12.3. The average molecular weight is 277 g/mol. The van der Waals surface area contributed by atoms with Crippen molar-refractivity contribution in [2.45, 2.75) is 65.0 Å². The monoisotopic (exact) mass is 277 g/mol. The maximum atomic E-state index is 12.0. The maximum absolute atomic E-state index is 12.0. The number of fused-ring (bicyclic) bond motifs is 1. The van der Waals surface area contributed by atoms with Crippen LogP contribution in [-0.2, 0) is 24.2 Å². The molecule has 1 N–H and O–H groups in total. The highest BCUT2D eigenvalue weighted by molar-refractivity contribution is 5.75. The molecule has 0 fully saturated rings. The van der Waals surface area contributed by atoms with E-state index in [1.54, 1.807) is 6.07 Å². The van der Waals surface area contributed by atoms with Crippen molar-refractivity contribution in [3.05, 3.63) is 27.7 Å². The first kappa shape index (κ1) is 14.8. The molecule has 1 amide bonds. The van der Waals surface area contributed by atoms with E-state index in [0.29, 0.717) is 0 Å². The third-order valence-corrected chi connectivity index (χ3v) is 3.84. The zero-order chi connectivity index (χ0) is 14.5. The van der Waals surface area contributed by atoms with Gasteiger partial charge in [-0.25, -0.2) is 4.68 Å². The van der Waals surface area contributed by atoms with Crippen LogP contribution in [0.4, 0.5) is 0 Å². The summed E-state index contributed by atoms with van der Waals surface area (Å²) in [7, 11) is 0. The van der Waals surface area contributed by atoms with Crippen molar-refractivity contribution in [3.8, 4) is 0 Å². The van der Waals surface area contributed by atoms with E-state index in [9.17, 15) is 9.59 Å². The summed E-state index contributed by atoms with van der Waals surface area (Å²) in [5.41, 5.74) is 1.87. The fraction of sp³-hybridized carbons (Fsp3) is 0.667. The lowest BCUT2D eigenvalue weighted by atomic mass is 10.1. The average Bonchev–Trinajstić information content (AvgIpc) is 2.64. The number of aromatic nitrogens is 2. The molecule has 0 aromatic carbocycles. The van der Waals surface area contributed by atoms with E-state index in [1.165, 1.54) is 11.1 Å². The van der Waals surface area contributed by atoms with Gasteiger partial charge in [-0.1, -0.05) is 13.3 Å². The standard InChI is InChI=1S/C15H23N3O2/c1-3-11(2)16-14(19)10-18-15(20)9-12-7-5-4-6-8-13(12)17-18/h9,11H,3-8,10H2,1-2H3,(H,16,19). The second-order valence-corrected chi connectivity index (χ2v) is 5.55. The number of carbonyl (C=O) groups excluding carboxylic acids is 1. The molecule has 2 rings (SSSR count). The Kier molecular flexibility index (Phi) is 4.93. The second kappa shape index (κ2) is 6.68. The van der Waals surface area contributed by atoms with Crippen LogP contribution in [0.5, 0.6) is 0 Å². The molecular formula is C15H23N3O2. The normalized spacial score (nSPS) is 16.1. The summed E-state index contributed by atoms with van der Waals surface area (Å²) < 4.78 is 1.29. The van der Waals surface area contributed by atoms with Crippen LogP contribution in [0, 0.1) is 0 Å². The molecule has 110 valence electrons. The van der Waals surface area contributed by atoms with E-state index in [2.05, 4.69) is 10.4 Å². The molecule has 1 atom stereocenters. The Morgan fingerprint density at radius 1 is 1.40 bits per heavy atom. The van der Waals surface area contributed by atoms with Gasteiger partial charge in [0.2, 0.25) is 5.91 Å². The van der Waals surface area contributed by atoms with Gasteiger partial charge in [0.1, 0.15) is 6.54 Å². The number of amides is 1. The van der Waals surface area contributed by atoms with Crippen molar-refractivity contribution in [3.63, 3.8) is 0 Å². The Morgan fingerprint density at radius 2 is 2.15 bits per heavy atom. The molecule has 0 saturated carbocycles. The molecule has 0 bridgehead atoms. The lowest BCUT2D eigenvalue weighted by molar-refractivity contribution is -0.122. The summed E-state index contributed by atoms with van der Waals surface area (Å²) in [4.78, 5) is 23.9. The van der Waals surface area contributed by atoms with Crippen LogP contribution < -0.4 is 10.9 Å². The van der Waals surface area contributed by atoms with Crippen LogP contribution in [0.15, 0.2) is 10.9 Å². The van der Waals surface area contributed by atoms with Crippen LogP contribution in [0.1, 0.15) is 50.8 Å². The molecule has 0 spiro atoms. The van der Waals surface area contributed by atoms with Gasteiger partial charge >= 0.3 is 0 Å². The predicted octanol–water partition coefficient (Wildman–Crippen LogP) is 1.43. The largest absolute Gasteiger partial charge is 0.352 e. The first-order valence-electron chi connectivity index (χ1n) is 7.49. The molecule has 1 aromatic rings. The van der Waals surface area contributed by atoms with E-state index < -0.39 is 0 Å². The van der Waals surface area contributed by atoms with Gasteiger partial charge in [0, 0.05) is 12.1 Å². The molecule has 1 heterocycles. The summed E-state index contributed by atoms with van der Waals surface area (Å²) >= 11 is 0. The Hall–Kier alpha value is -1.65. The number of hydrogen-bond donors (Lipinski definition) is 1. The lowest BCUT2D eigenvalue weighted by Crippen LogP contribution is -2.38. The van der Waals surface area contributed by atoms with Crippen LogP contribution in [0.3, 0.4) is 0 Å². The number of carbonyl (C=O) groups is 1. The molecule has 5 nitrogen and oxygen atoms in total.